The van der Waals surface area contributed by atoms with E-state index in [1.165, 1.54) is 18.0 Å². The molecule has 7 rings (SSSR count). The molecule has 1 saturated heterocycles. The van der Waals surface area contributed by atoms with Crippen molar-refractivity contribution in [2.75, 3.05) is 84.6 Å². The first kappa shape index (κ1) is 42.7. The number of fused-ring (bicyclic) bond motifs is 4. The summed E-state index contributed by atoms with van der Waals surface area (Å²) in [4.78, 5) is 33.2. The van der Waals surface area contributed by atoms with Crippen LogP contribution in [0.2, 0.25) is 5.02 Å². The van der Waals surface area contributed by atoms with Crippen molar-refractivity contribution in [2.45, 2.75) is 68.0 Å². The maximum Gasteiger partial charge on any atom is 0.303 e. The van der Waals surface area contributed by atoms with Crippen LogP contribution in [0.3, 0.4) is 0 Å². The molecule has 3 aliphatic heterocycles. The second-order valence-corrected chi connectivity index (χ2v) is 19.0. The first-order valence-electron chi connectivity index (χ1n) is 20.1. The third-order valence-electron chi connectivity index (χ3n) is 12.7. The quantitative estimate of drug-likeness (QED) is 0.320. The maximum atomic E-state index is 14.1. The molecule has 13 nitrogen and oxygen atoms in total. The predicted molar refractivity (Wildman–Crippen MR) is 214 cm³/mol. The lowest BCUT2D eigenvalue weighted by Crippen LogP contribution is -2.57. The Morgan fingerprint density at radius 2 is 1.95 bits per heavy atom. The van der Waals surface area contributed by atoms with Gasteiger partial charge in [-0.1, -0.05) is 35.9 Å². The molecular weight excluding hydrogens is 796 g/mol. The van der Waals surface area contributed by atoms with Gasteiger partial charge in [-0.25, -0.2) is 13.5 Å². The van der Waals surface area contributed by atoms with Crippen molar-refractivity contribution in [2.24, 2.45) is 11.8 Å². The topological polar surface area (TPSA) is 152 Å². The van der Waals surface area contributed by atoms with E-state index in [4.69, 9.17) is 21.1 Å². The van der Waals surface area contributed by atoms with Gasteiger partial charge < -0.3 is 29.5 Å². The lowest BCUT2D eigenvalue weighted by molar-refractivity contribution is -0.148. The monoisotopic (exact) mass is 849 g/mol. The van der Waals surface area contributed by atoms with E-state index in [0.717, 1.165) is 47.5 Å². The molecule has 2 bridgehead atoms. The number of aryl methyl sites for hydroxylation is 1. The highest BCUT2D eigenvalue weighted by molar-refractivity contribution is 7.87. The summed E-state index contributed by atoms with van der Waals surface area (Å²) in [7, 11) is -1.78. The van der Waals surface area contributed by atoms with Crippen LogP contribution in [0.15, 0.2) is 48.6 Å². The van der Waals surface area contributed by atoms with Gasteiger partial charge in [-0.15, -0.1) is 0 Å². The highest BCUT2D eigenvalue weighted by Gasteiger charge is 2.48. The van der Waals surface area contributed by atoms with Crippen LogP contribution in [-0.4, -0.2) is 136 Å². The second kappa shape index (κ2) is 16.9. The number of rotatable bonds is 9. The molecule has 2 aromatic carbocycles. The number of hydrogen-bond donors (Lipinski definition) is 3. The Balaban J connectivity index is 1.27. The van der Waals surface area contributed by atoms with Crippen LogP contribution in [0, 0.1) is 11.8 Å². The summed E-state index contributed by atoms with van der Waals surface area (Å²) in [5.74, 6) is -3.80. The van der Waals surface area contributed by atoms with Crippen LogP contribution in [0.1, 0.15) is 55.2 Å². The van der Waals surface area contributed by atoms with Crippen LogP contribution < -0.4 is 14.4 Å². The number of nitrogens with one attached hydrogen (secondary N) is 1. The Morgan fingerprint density at radius 1 is 1.16 bits per heavy atom. The van der Waals surface area contributed by atoms with Gasteiger partial charge in [0.15, 0.2) is 5.60 Å². The molecule has 17 heteroatoms. The van der Waals surface area contributed by atoms with Gasteiger partial charge in [0.1, 0.15) is 5.75 Å². The van der Waals surface area contributed by atoms with Gasteiger partial charge in [0.2, 0.25) is 5.91 Å². The van der Waals surface area contributed by atoms with Crippen molar-refractivity contribution in [1.82, 2.24) is 18.8 Å². The molecule has 0 aromatic heterocycles. The van der Waals surface area contributed by atoms with Crippen molar-refractivity contribution in [3.05, 3.63) is 70.3 Å². The molecule has 2 amide bonds. The molecule has 5 aliphatic rings. The number of likely N-dealkylation sites (N-methyl/N-ethyl adjacent to an activating group) is 1. The minimum absolute atomic E-state index is 0.0146. The number of carbonyl (C=O) groups is 2. The number of alkyl halides is 2. The highest BCUT2D eigenvalue weighted by Crippen LogP contribution is 2.48. The molecule has 3 heterocycles. The number of anilines is 1. The first-order valence-corrected chi connectivity index (χ1v) is 21.9. The van der Waals surface area contributed by atoms with Gasteiger partial charge in [0.25, 0.3) is 11.8 Å². The van der Waals surface area contributed by atoms with E-state index >= 15 is 0 Å². The number of likely N-dealkylation sites (tertiary alicyclic amines) is 1. The third-order valence-corrected chi connectivity index (χ3v) is 14.4. The largest absolute Gasteiger partial charge is 0.490 e. The lowest BCUT2D eigenvalue weighted by Gasteiger charge is -2.46. The number of aliphatic hydroxyl groups is 2. The fourth-order valence-electron chi connectivity index (χ4n) is 9.15. The summed E-state index contributed by atoms with van der Waals surface area (Å²) in [6.45, 7) is 1.03. The molecule has 0 radical (unpaired) electrons. The Bertz CT molecular complexity index is 2000. The first-order chi connectivity index (χ1) is 27.5. The number of benzene rings is 2. The number of nitrogens with zero attached hydrogens (tertiary/aromatic N) is 4. The molecule has 2 fully saturated rings. The number of ether oxygens (including phenoxy) is 2. The van der Waals surface area contributed by atoms with E-state index in [9.17, 15) is 37.0 Å². The molecule has 1 saturated carbocycles. The fraction of sp³-hybridized carbons (Fsp3) is 0.610. The van der Waals surface area contributed by atoms with E-state index in [2.05, 4.69) is 11.0 Å². The smallest absolute Gasteiger partial charge is 0.303 e. The summed E-state index contributed by atoms with van der Waals surface area (Å²) in [6, 6.07) is 10.8. The van der Waals surface area contributed by atoms with E-state index in [-0.39, 0.29) is 49.7 Å². The number of carbonyl (C=O) groups excluding carboxylic acids is 2. The number of amides is 2. The third kappa shape index (κ3) is 8.89. The molecule has 1 spiro atoms. The molecule has 2 aliphatic carbocycles. The van der Waals surface area contributed by atoms with Crippen LogP contribution in [0.4, 0.5) is 14.5 Å². The molecule has 58 heavy (non-hydrogen) atoms. The predicted octanol–water partition coefficient (Wildman–Crippen LogP) is 3.46. The van der Waals surface area contributed by atoms with Gasteiger partial charge >= 0.3 is 10.2 Å². The van der Waals surface area contributed by atoms with E-state index < -0.39 is 52.0 Å². The summed E-state index contributed by atoms with van der Waals surface area (Å²) in [5.41, 5.74) is -0.152. The van der Waals surface area contributed by atoms with E-state index in [1.807, 2.05) is 29.0 Å². The molecule has 5 atom stereocenters. The molecule has 2 aromatic rings. The Morgan fingerprint density at radius 3 is 2.67 bits per heavy atom. The summed E-state index contributed by atoms with van der Waals surface area (Å²) in [5, 5.41) is 22.4. The van der Waals surface area contributed by atoms with Gasteiger partial charge in [0.05, 0.1) is 51.1 Å². The SMILES string of the molecule is CN1CC/C=C\[C@H](OCCN2CC(F)(F)C2)[C@@H]2CC[C@H]2CN2C[C@@]3(CCCc4cc(Cl)ccc43)COc3ccc(cc32)[C@@](O)(C(=O)NS(=O)(=O)N(C)CCO)CC1=O. The van der Waals surface area contributed by atoms with Crippen LogP contribution in [0.5, 0.6) is 5.75 Å². The molecule has 0 unspecified atom stereocenters. The normalized spacial score (nSPS) is 29.4. The summed E-state index contributed by atoms with van der Waals surface area (Å²) >= 11 is 6.47. The van der Waals surface area contributed by atoms with Crippen molar-refractivity contribution < 1.29 is 46.5 Å². The van der Waals surface area contributed by atoms with Crippen LogP contribution in [-0.2, 0) is 42.0 Å². The highest BCUT2D eigenvalue weighted by atomic mass is 35.5. The lowest BCUT2D eigenvalue weighted by atomic mass is 9.68. The van der Waals surface area contributed by atoms with E-state index in [0.29, 0.717) is 55.7 Å². The molecular formula is C41H54ClF2N5O8S. The average molecular weight is 850 g/mol. The molecule has 318 valence electrons. The zero-order valence-electron chi connectivity index (χ0n) is 33.0. The van der Waals surface area contributed by atoms with Crippen molar-refractivity contribution in [3.8, 4) is 5.75 Å². The number of aliphatic hydroxyl groups excluding tert-OH is 1. The summed E-state index contributed by atoms with van der Waals surface area (Å²) < 4.78 is 69.2. The Labute approximate surface area is 344 Å². The van der Waals surface area contributed by atoms with Gasteiger partial charge in [-0.2, -0.15) is 12.7 Å². The van der Waals surface area contributed by atoms with Gasteiger partial charge in [-0.05, 0) is 91.3 Å². The number of hydrogen-bond acceptors (Lipinski definition) is 10. The minimum atomic E-state index is -4.51. The Hall–Kier alpha value is -3.38. The van der Waals surface area contributed by atoms with Crippen LogP contribution >= 0.6 is 11.6 Å². The van der Waals surface area contributed by atoms with Crippen molar-refractivity contribution in [3.63, 3.8) is 0 Å². The zero-order chi connectivity index (χ0) is 41.5. The van der Waals surface area contributed by atoms with Gasteiger partial charge in [0, 0.05) is 57.3 Å². The minimum Gasteiger partial charge on any atom is -0.490 e. The van der Waals surface area contributed by atoms with Crippen molar-refractivity contribution >= 4 is 39.3 Å². The van der Waals surface area contributed by atoms with Crippen LogP contribution in [0.25, 0.3) is 0 Å². The summed E-state index contributed by atoms with van der Waals surface area (Å²) in [6.07, 6.45) is 7.75. The standard InChI is InChI=1S/C41H54ClF2N5O8S/c1-46-15-4-3-7-35(56-19-17-48-25-40(43,44)26-48)32-11-8-29(32)23-49-24-39(14-5-6-28-20-31(42)10-12-33(28)39)27-57-36-13-9-30(21-34(36)49)41(53,22-37(46)51)38(52)45-58(54,55)47(2)16-18-50/h3,7,9-10,12-13,20-21,29,32,35,50,53H,4-6,8,11,14-19,22-27H2,1-2H3,(H,45,52)/b7-3-/t29-,32+,35-,39-,41+/m0/s1. The average Bonchev–Trinajstić information content (AvgIpc) is 3.30. The second-order valence-electron chi connectivity index (χ2n) is 16.7. The zero-order valence-corrected chi connectivity index (χ0v) is 34.6. The van der Waals surface area contributed by atoms with E-state index in [1.54, 1.807) is 24.1 Å². The van der Waals surface area contributed by atoms with Gasteiger partial charge in [-0.3, -0.25) is 14.5 Å². The Kier molecular flexibility index (Phi) is 12.5. The molecule has 3 N–H and O–H groups in total. The fourth-order valence-corrected chi connectivity index (χ4v) is 10.2. The number of halogens is 3. The van der Waals surface area contributed by atoms with Crippen molar-refractivity contribution in [1.29, 1.82) is 0 Å². The maximum absolute atomic E-state index is 14.1.